The average Bonchev–Trinajstić information content (AvgIpc) is 3.49. The van der Waals surface area contributed by atoms with Gasteiger partial charge in [0, 0.05) is 18.4 Å². The molecule has 6 nitrogen and oxygen atoms in total. The number of nitrogens with zero attached hydrogens (tertiary/aromatic N) is 4. The first kappa shape index (κ1) is 16.2. The third-order valence-corrected chi connectivity index (χ3v) is 5.36. The molecule has 0 aromatic carbocycles. The standard InChI is InChI=1S/C18H22FN5O/c1-11-21-16(12-3-4-12)23-24(11)8-7-18(2)9-14(18)17(25)22-15-6-5-13(19)10-20-15/h5-6,10,12,14H,3-4,7-9H2,1-2H3,(H,20,22,25)/t14-,18-/m0/s1. The summed E-state index contributed by atoms with van der Waals surface area (Å²) >= 11 is 0. The van der Waals surface area contributed by atoms with E-state index >= 15 is 0 Å². The van der Waals surface area contributed by atoms with Crippen molar-refractivity contribution >= 4 is 11.7 Å². The van der Waals surface area contributed by atoms with Gasteiger partial charge in [0.1, 0.15) is 17.5 Å². The van der Waals surface area contributed by atoms with Crippen LogP contribution in [0.4, 0.5) is 10.2 Å². The Morgan fingerprint density at radius 2 is 2.24 bits per heavy atom. The summed E-state index contributed by atoms with van der Waals surface area (Å²) in [5.74, 6) is 2.36. The number of amides is 1. The predicted octanol–water partition coefficient (Wildman–Crippen LogP) is 3.05. The van der Waals surface area contributed by atoms with E-state index in [-0.39, 0.29) is 17.2 Å². The minimum Gasteiger partial charge on any atom is -0.310 e. The van der Waals surface area contributed by atoms with E-state index in [9.17, 15) is 9.18 Å². The number of carbonyl (C=O) groups excluding carboxylic acids is 1. The third kappa shape index (κ3) is 3.41. The van der Waals surface area contributed by atoms with Crippen LogP contribution in [0.5, 0.6) is 0 Å². The molecule has 0 aliphatic heterocycles. The molecule has 0 bridgehead atoms. The second-order valence-electron chi connectivity index (χ2n) is 7.53. The van der Waals surface area contributed by atoms with Crippen molar-refractivity contribution in [2.45, 2.75) is 52.0 Å². The topological polar surface area (TPSA) is 72.7 Å². The molecule has 2 fully saturated rings. The first-order valence-electron chi connectivity index (χ1n) is 8.78. The number of hydrogen-bond donors (Lipinski definition) is 1. The molecule has 2 atom stereocenters. The Hall–Kier alpha value is -2.31. The minimum absolute atomic E-state index is 0.0255. The maximum absolute atomic E-state index is 12.9. The second kappa shape index (κ2) is 5.89. The first-order valence-corrected chi connectivity index (χ1v) is 8.78. The van der Waals surface area contributed by atoms with Gasteiger partial charge < -0.3 is 5.32 Å². The number of anilines is 1. The fourth-order valence-corrected chi connectivity index (χ4v) is 3.29. The van der Waals surface area contributed by atoms with Crippen LogP contribution in [-0.4, -0.2) is 25.7 Å². The molecular formula is C18H22FN5O. The van der Waals surface area contributed by atoms with E-state index in [2.05, 4.69) is 27.3 Å². The fourth-order valence-electron chi connectivity index (χ4n) is 3.29. The molecule has 0 spiro atoms. The van der Waals surface area contributed by atoms with Gasteiger partial charge in [-0.2, -0.15) is 5.10 Å². The smallest absolute Gasteiger partial charge is 0.229 e. The summed E-state index contributed by atoms with van der Waals surface area (Å²) < 4.78 is 14.8. The Labute approximate surface area is 145 Å². The van der Waals surface area contributed by atoms with Crippen molar-refractivity contribution in [3.8, 4) is 0 Å². The Kier molecular flexibility index (Phi) is 3.81. The van der Waals surface area contributed by atoms with Crippen LogP contribution in [0.3, 0.4) is 0 Å². The van der Waals surface area contributed by atoms with Crippen LogP contribution in [0, 0.1) is 24.1 Å². The van der Waals surface area contributed by atoms with Crippen molar-refractivity contribution in [2.75, 3.05) is 5.32 Å². The summed E-state index contributed by atoms with van der Waals surface area (Å²) in [6, 6.07) is 2.77. The molecule has 2 aliphatic rings. The number of pyridine rings is 1. The highest BCUT2D eigenvalue weighted by molar-refractivity contribution is 5.94. The molecule has 7 heteroatoms. The molecular weight excluding hydrogens is 321 g/mol. The summed E-state index contributed by atoms with van der Waals surface area (Å²) in [6.45, 7) is 4.89. The monoisotopic (exact) mass is 343 g/mol. The predicted molar refractivity (Wildman–Crippen MR) is 90.4 cm³/mol. The summed E-state index contributed by atoms with van der Waals surface area (Å²) in [5, 5.41) is 7.38. The molecule has 4 rings (SSSR count). The average molecular weight is 343 g/mol. The summed E-state index contributed by atoms with van der Waals surface area (Å²) in [5.41, 5.74) is -0.0255. The number of halogens is 1. The molecule has 25 heavy (non-hydrogen) atoms. The van der Waals surface area contributed by atoms with Crippen LogP contribution in [0.15, 0.2) is 18.3 Å². The highest BCUT2D eigenvalue weighted by Gasteiger charge is 2.54. The molecule has 2 heterocycles. The third-order valence-electron chi connectivity index (χ3n) is 5.36. The maximum atomic E-state index is 12.9. The number of nitrogens with one attached hydrogen (secondary N) is 1. The molecule has 1 amide bonds. The fraction of sp³-hybridized carbons (Fsp3) is 0.556. The van der Waals surface area contributed by atoms with E-state index in [0.717, 1.165) is 37.2 Å². The largest absolute Gasteiger partial charge is 0.310 e. The van der Waals surface area contributed by atoms with Gasteiger partial charge in [-0.3, -0.25) is 9.48 Å². The quantitative estimate of drug-likeness (QED) is 0.875. The van der Waals surface area contributed by atoms with Gasteiger partial charge in [0.15, 0.2) is 5.82 Å². The van der Waals surface area contributed by atoms with Gasteiger partial charge >= 0.3 is 0 Å². The van der Waals surface area contributed by atoms with E-state index in [0.29, 0.717) is 11.7 Å². The number of hydrogen-bond acceptors (Lipinski definition) is 4. The van der Waals surface area contributed by atoms with Gasteiger partial charge in [-0.15, -0.1) is 0 Å². The lowest BCUT2D eigenvalue weighted by molar-refractivity contribution is -0.118. The van der Waals surface area contributed by atoms with Gasteiger partial charge in [0.2, 0.25) is 5.91 Å². The van der Waals surface area contributed by atoms with Crippen LogP contribution < -0.4 is 5.32 Å². The molecule has 1 N–H and O–H groups in total. The summed E-state index contributed by atoms with van der Waals surface area (Å²) in [4.78, 5) is 20.8. The Balaban J connectivity index is 1.32. The number of rotatable bonds is 6. The van der Waals surface area contributed by atoms with Crippen LogP contribution >= 0.6 is 0 Å². The molecule has 2 aromatic rings. The van der Waals surface area contributed by atoms with Crippen molar-refractivity contribution < 1.29 is 9.18 Å². The van der Waals surface area contributed by atoms with Crippen molar-refractivity contribution in [2.24, 2.45) is 11.3 Å². The molecule has 132 valence electrons. The molecule has 2 aliphatic carbocycles. The zero-order valence-corrected chi connectivity index (χ0v) is 14.5. The molecule has 2 saturated carbocycles. The van der Waals surface area contributed by atoms with Gasteiger partial charge in [0.25, 0.3) is 0 Å². The lowest BCUT2D eigenvalue weighted by atomic mass is 10.0. The Morgan fingerprint density at radius 3 is 2.92 bits per heavy atom. The van der Waals surface area contributed by atoms with Crippen LogP contribution in [0.25, 0.3) is 0 Å². The lowest BCUT2D eigenvalue weighted by Crippen LogP contribution is -2.19. The molecule has 2 aromatic heterocycles. The zero-order chi connectivity index (χ0) is 17.6. The van der Waals surface area contributed by atoms with Crippen molar-refractivity contribution in [1.29, 1.82) is 0 Å². The van der Waals surface area contributed by atoms with E-state index in [1.165, 1.54) is 25.0 Å². The second-order valence-corrected chi connectivity index (χ2v) is 7.53. The summed E-state index contributed by atoms with van der Waals surface area (Å²) in [6.07, 6.45) is 5.23. The number of aryl methyl sites for hydroxylation is 2. The summed E-state index contributed by atoms with van der Waals surface area (Å²) in [7, 11) is 0. The Morgan fingerprint density at radius 1 is 1.44 bits per heavy atom. The molecule has 0 saturated heterocycles. The van der Waals surface area contributed by atoms with Crippen molar-refractivity contribution in [1.82, 2.24) is 19.7 Å². The van der Waals surface area contributed by atoms with E-state index in [1.54, 1.807) is 0 Å². The van der Waals surface area contributed by atoms with Gasteiger partial charge in [-0.1, -0.05) is 6.92 Å². The zero-order valence-electron chi connectivity index (χ0n) is 14.5. The van der Waals surface area contributed by atoms with Crippen LogP contribution in [0.1, 0.15) is 50.2 Å². The van der Waals surface area contributed by atoms with E-state index in [1.807, 2.05) is 11.6 Å². The minimum atomic E-state index is -0.414. The first-order chi connectivity index (χ1) is 11.9. The molecule has 0 unspecified atom stereocenters. The van der Waals surface area contributed by atoms with Crippen LogP contribution in [0.2, 0.25) is 0 Å². The SMILES string of the molecule is Cc1nc(C2CC2)nn1CC[C@@]1(C)C[C@H]1C(=O)Nc1ccc(F)cn1. The number of carbonyl (C=O) groups is 1. The highest BCUT2D eigenvalue weighted by Crippen LogP contribution is 2.55. The highest BCUT2D eigenvalue weighted by atomic mass is 19.1. The lowest BCUT2D eigenvalue weighted by Gasteiger charge is -2.12. The Bertz CT molecular complexity index is 798. The van der Waals surface area contributed by atoms with E-state index < -0.39 is 5.82 Å². The van der Waals surface area contributed by atoms with Gasteiger partial charge in [-0.25, -0.2) is 14.4 Å². The van der Waals surface area contributed by atoms with Gasteiger partial charge in [0.05, 0.1) is 6.20 Å². The van der Waals surface area contributed by atoms with Crippen molar-refractivity contribution in [3.63, 3.8) is 0 Å². The van der Waals surface area contributed by atoms with Gasteiger partial charge in [-0.05, 0) is 50.2 Å². The number of aromatic nitrogens is 4. The normalized spacial score (nSPS) is 25.0. The van der Waals surface area contributed by atoms with E-state index in [4.69, 9.17) is 0 Å². The van der Waals surface area contributed by atoms with Crippen LogP contribution in [-0.2, 0) is 11.3 Å². The maximum Gasteiger partial charge on any atom is 0.229 e. The van der Waals surface area contributed by atoms with Crippen molar-refractivity contribution in [3.05, 3.63) is 35.8 Å². The molecule has 0 radical (unpaired) electrons.